The molecule has 26 heavy (non-hydrogen) atoms. The summed E-state index contributed by atoms with van der Waals surface area (Å²) in [5.74, 6) is -1.46. The number of hydrogen-bond donors (Lipinski definition) is 0. The van der Waals surface area contributed by atoms with E-state index in [4.69, 9.17) is 4.74 Å². The zero-order chi connectivity index (χ0) is 19.5. The van der Waals surface area contributed by atoms with Gasteiger partial charge in [0.15, 0.2) is 0 Å². The molecule has 1 fully saturated rings. The summed E-state index contributed by atoms with van der Waals surface area (Å²) in [4.78, 5) is 36.6. The van der Waals surface area contributed by atoms with Crippen LogP contribution in [0, 0.1) is 0 Å². The van der Waals surface area contributed by atoms with Crippen molar-refractivity contribution in [1.29, 1.82) is 0 Å². The predicted octanol–water partition coefficient (Wildman–Crippen LogP) is 4.08. The molecular weight excluding hydrogens is 371 g/mol. The third-order valence-corrected chi connectivity index (χ3v) is 4.49. The minimum absolute atomic E-state index is 0.0503. The maximum atomic E-state index is 12.8. The first kappa shape index (κ1) is 20.0. The van der Waals surface area contributed by atoms with Crippen molar-refractivity contribution >= 4 is 35.0 Å². The molecule has 1 aliphatic rings. The molecule has 0 saturated carbocycles. The zero-order valence-corrected chi connectivity index (χ0v) is 14.8. The SMILES string of the molecule is CC[C@H](C)OC(=O)CN1C(=O)S/C(=C/c2cccc(C(F)(F)F)c2)C1=O. The van der Waals surface area contributed by atoms with Crippen LogP contribution in [-0.4, -0.2) is 34.7 Å². The molecule has 0 N–H and O–H groups in total. The molecule has 1 aromatic carbocycles. The minimum atomic E-state index is -4.51. The third-order valence-electron chi connectivity index (χ3n) is 3.58. The third kappa shape index (κ3) is 4.87. The fourth-order valence-corrected chi connectivity index (χ4v) is 2.90. The number of imide groups is 1. The van der Waals surface area contributed by atoms with Gasteiger partial charge in [0, 0.05) is 0 Å². The lowest BCUT2D eigenvalue weighted by molar-refractivity contribution is -0.150. The van der Waals surface area contributed by atoms with Gasteiger partial charge in [-0.25, -0.2) is 0 Å². The number of nitrogens with zero attached hydrogens (tertiary/aromatic N) is 1. The molecule has 2 amide bonds. The molecule has 140 valence electrons. The second-order valence-electron chi connectivity index (χ2n) is 5.60. The smallest absolute Gasteiger partial charge is 0.416 e. The summed E-state index contributed by atoms with van der Waals surface area (Å²) < 4.78 is 43.3. The number of halogens is 3. The molecular formula is C17H16F3NO4S. The fraction of sp³-hybridized carbons (Fsp3) is 0.353. The summed E-state index contributed by atoms with van der Waals surface area (Å²) >= 11 is 0.566. The molecule has 0 aromatic heterocycles. The van der Waals surface area contributed by atoms with Crippen molar-refractivity contribution in [2.75, 3.05) is 6.54 Å². The van der Waals surface area contributed by atoms with Gasteiger partial charge in [-0.15, -0.1) is 0 Å². The first-order valence-electron chi connectivity index (χ1n) is 7.74. The molecule has 0 spiro atoms. The number of ether oxygens (including phenoxy) is 1. The highest BCUT2D eigenvalue weighted by Gasteiger charge is 2.37. The van der Waals surface area contributed by atoms with Crippen molar-refractivity contribution in [2.45, 2.75) is 32.5 Å². The first-order chi connectivity index (χ1) is 12.1. The van der Waals surface area contributed by atoms with Crippen molar-refractivity contribution in [2.24, 2.45) is 0 Å². The van der Waals surface area contributed by atoms with Crippen molar-refractivity contribution in [3.8, 4) is 0 Å². The van der Waals surface area contributed by atoms with Crippen LogP contribution in [0.1, 0.15) is 31.4 Å². The normalized spacial score (nSPS) is 17.7. The van der Waals surface area contributed by atoms with Gasteiger partial charge in [0.25, 0.3) is 11.1 Å². The molecule has 1 saturated heterocycles. The van der Waals surface area contributed by atoms with E-state index in [0.717, 1.165) is 17.0 Å². The van der Waals surface area contributed by atoms with Gasteiger partial charge >= 0.3 is 12.1 Å². The standard InChI is InChI=1S/C17H16F3NO4S/c1-3-10(2)25-14(22)9-21-15(23)13(26-16(21)24)8-11-5-4-6-12(7-11)17(18,19)20/h4-8,10H,3,9H2,1-2H3/b13-8+/t10-/m0/s1. The number of carbonyl (C=O) groups is 3. The molecule has 0 bridgehead atoms. The molecule has 0 aliphatic carbocycles. The van der Waals surface area contributed by atoms with Gasteiger partial charge in [-0.3, -0.25) is 19.3 Å². The largest absolute Gasteiger partial charge is 0.461 e. The Kier molecular flexibility index (Phi) is 6.12. The molecule has 1 atom stereocenters. The van der Waals surface area contributed by atoms with E-state index in [1.807, 2.05) is 6.92 Å². The Balaban J connectivity index is 2.15. The van der Waals surface area contributed by atoms with Crippen molar-refractivity contribution in [1.82, 2.24) is 4.90 Å². The lowest BCUT2D eigenvalue weighted by atomic mass is 10.1. The lowest BCUT2D eigenvalue weighted by Gasteiger charge is -2.14. The molecule has 0 radical (unpaired) electrons. The summed E-state index contributed by atoms with van der Waals surface area (Å²) in [5, 5.41) is -0.672. The van der Waals surface area contributed by atoms with Crippen LogP contribution in [0.5, 0.6) is 0 Å². The van der Waals surface area contributed by atoms with Gasteiger partial charge in [0.2, 0.25) is 0 Å². The number of esters is 1. The summed E-state index contributed by atoms with van der Waals surface area (Å²) in [6.07, 6.45) is -3.07. The molecule has 9 heteroatoms. The van der Waals surface area contributed by atoms with E-state index in [1.165, 1.54) is 18.2 Å². The Morgan fingerprint density at radius 1 is 1.35 bits per heavy atom. The van der Waals surface area contributed by atoms with Crippen molar-refractivity contribution < 1.29 is 32.3 Å². The van der Waals surface area contributed by atoms with E-state index in [2.05, 4.69) is 0 Å². The number of amides is 2. The number of thioether (sulfide) groups is 1. The van der Waals surface area contributed by atoms with Crippen LogP contribution < -0.4 is 0 Å². The Labute approximate surface area is 152 Å². The monoisotopic (exact) mass is 387 g/mol. The Hall–Kier alpha value is -2.29. The number of rotatable bonds is 5. The fourth-order valence-electron chi connectivity index (χ4n) is 2.07. The van der Waals surface area contributed by atoms with Crippen LogP contribution in [0.15, 0.2) is 29.2 Å². The highest BCUT2D eigenvalue weighted by molar-refractivity contribution is 8.18. The van der Waals surface area contributed by atoms with Crippen molar-refractivity contribution in [3.05, 3.63) is 40.3 Å². The lowest BCUT2D eigenvalue weighted by Crippen LogP contribution is -2.35. The highest BCUT2D eigenvalue weighted by atomic mass is 32.2. The van der Waals surface area contributed by atoms with Gasteiger partial charge in [0.05, 0.1) is 16.6 Å². The summed E-state index contributed by atoms with van der Waals surface area (Å²) in [6, 6.07) is 4.39. The first-order valence-corrected chi connectivity index (χ1v) is 8.55. The molecule has 1 aliphatic heterocycles. The van der Waals surface area contributed by atoms with Crippen LogP contribution in [0.3, 0.4) is 0 Å². The Morgan fingerprint density at radius 3 is 2.65 bits per heavy atom. The number of hydrogen-bond acceptors (Lipinski definition) is 5. The Bertz CT molecular complexity index is 761. The van der Waals surface area contributed by atoms with E-state index < -0.39 is 35.4 Å². The van der Waals surface area contributed by atoms with Gasteiger partial charge in [-0.05, 0) is 48.9 Å². The van der Waals surface area contributed by atoms with E-state index >= 15 is 0 Å². The molecule has 0 unspecified atom stereocenters. The van der Waals surface area contributed by atoms with Gasteiger partial charge < -0.3 is 4.74 Å². The van der Waals surface area contributed by atoms with E-state index in [1.54, 1.807) is 6.92 Å². The summed E-state index contributed by atoms with van der Waals surface area (Å²) in [7, 11) is 0. The maximum absolute atomic E-state index is 12.8. The predicted molar refractivity (Wildman–Crippen MR) is 90.0 cm³/mol. The summed E-state index contributed by atoms with van der Waals surface area (Å²) in [6.45, 7) is 2.96. The quantitative estimate of drug-likeness (QED) is 0.563. The van der Waals surface area contributed by atoms with Gasteiger partial charge in [-0.1, -0.05) is 19.1 Å². The molecule has 5 nitrogen and oxygen atoms in total. The number of benzene rings is 1. The van der Waals surface area contributed by atoms with Crippen LogP contribution in [-0.2, 0) is 20.5 Å². The van der Waals surface area contributed by atoms with Gasteiger partial charge in [0.1, 0.15) is 6.54 Å². The van der Waals surface area contributed by atoms with Crippen LogP contribution >= 0.6 is 11.8 Å². The van der Waals surface area contributed by atoms with Crippen LogP contribution in [0.2, 0.25) is 0 Å². The summed E-state index contributed by atoms with van der Waals surface area (Å²) in [5.41, 5.74) is -0.727. The highest BCUT2D eigenvalue weighted by Crippen LogP contribution is 2.34. The maximum Gasteiger partial charge on any atom is 0.416 e. The zero-order valence-electron chi connectivity index (χ0n) is 14.0. The molecule has 1 aromatic rings. The van der Waals surface area contributed by atoms with Crippen molar-refractivity contribution in [3.63, 3.8) is 0 Å². The second-order valence-corrected chi connectivity index (χ2v) is 6.59. The van der Waals surface area contributed by atoms with Crippen LogP contribution in [0.4, 0.5) is 18.0 Å². The topological polar surface area (TPSA) is 63.7 Å². The minimum Gasteiger partial charge on any atom is -0.461 e. The average molecular weight is 387 g/mol. The van der Waals surface area contributed by atoms with E-state index in [9.17, 15) is 27.6 Å². The second kappa shape index (κ2) is 7.94. The number of alkyl halides is 3. The van der Waals surface area contributed by atoms with E-state index in [0.29, 0.717) is 18.2 Å². The molecule has 2 rings (SSSR count). The van der Waals surface area contributed by atoms with Crippen LogP contribution in [0.25, 0.3) is 6.08 Å². The van der Waals surface area contributed by atoms with E-state index in [-0.39, 0.29) is 16.6 Å². The Morgan fingerprint density at radius 2 is 2.04 bits per heavy atom. The van der Waals surface area contributed by atoms with Gasteiger partial charge in [-0.2, -0.15) is 13.2 Å². The molecule has 1 heterocycles. The average Bonchev–Trinajstić information content (AvgIpc) is 2.81. The number of carbonyl (C=O) groups excluding carboxylic acids is 3.